The average molecular weight is 946 g/mol. The van der Waals surface area contributed by atoms with Gasteiger partial charge in [0.2, 0.25) is 17.7 Å². The number of esters is 1. The first-order valence-electron chi connectivity index (χ1n) is 24.3. The average Bonchev–Trinajstić information content (AvgIpc) is 3.92. The molecule has 3 aromatic carbocycles. The summed E-state index contributed by atoms with van der Waals surface area (Å²) < 4.78 is 14.1. The number of carbonyl (C=O) groups is 5. The van der Waals surface area contributed by atoms with Crippen molar-refractivity contribution in [2.45, 2.75) is 105 Å². The first kappa shape index (κ1) is 50.8. The van der Waals surface area contributed by atoms with Crippen molar-refractivity contribution in [2.75, 3.05) is 54.5 Å². The second-order valence-electron chi connectivity index (χ2n) is 20.5. The number of benzene rings is 3. The molecule has 2 fully saturated rings. The van der Waals surface area contributed by atoms with Gasteiger partial charge < -0.3 is 39.2 Å². The van der Waals surface area contributed by atoms with Crippen molar-refractivity contribution in [1.82, 2.24) is 35.0 Å². The predicted octanol–water partition coefficient (Wildman–Crippen LogP) is 6.07. The summed E-state index contributed by atoms with van der Waals surface area (Å²) in [6, 6.07) is 15.2. The number of aryl methyl sites for hydroxylation is 1. The van der Waals surface area contributed by atoms with E-state index in [0.717, 1.165) is 50.0 Å². The van der Waals surface area contributed by atoms with Gasteiger partial charge in [-0.2, -0.15) is 0 Å². The van der Waals surface area contributed by atoms with Crippen molar-refractivity contribution in [3.63, 3.8) is 0 Å². The minimum Gasteiger partial charge on any atom is -0.508 e. The number of rotatable bonds is 12. The van der Waals surface area contributed by atoms with Crippen molar-refractivity contribution < 1.29 is 38.6 Å². The van der Waals surface area contributed by atoms with Crippen molar-refractivity contribution in [2.24, 2.45) is 17.3 Å². The maximum atomic E-state index is 14.8. The molecular formula is C54H71N7O8. The van der Waals surface area contributed by atoms with Crippen LogP contribution in [0.5, 0.6) is 5.75 Å². The summed E-state index contributed by atoms with van der Waals surface area (Å²) in [5.74, 6) is -2.83. The highest BCUT2D eigenvalue weighted by molar-refractivity contribution is 5.96. The summed E-state index contributed by atoms with van der Waals surface area (Å²) in [5, 5.41) is 16.8. The predicted molar refractivity (Wildman–Crippen MR) is 266 cm³/mol. The normalized spacial score (nSPS) is 20.2. The van der Waals surface area contributed by atoms with E-state index in [1.54, 1.807) is 31.2 Å². The molecule has 0 spiro atoms. The Bertz CT molecular complexity index is 2600. The van der Waals surface area contributed by atoms with Crippen LogP contribution >= 0.6 is 0 Å². The maximum Gasteiger partial charge on any atom is 0.324 e. The molecule has 3 aliphatic heterocycles. The fourth-order valence-corrected chi connectivity index (χ4v) is 10.5. The van der Waals surface area contributed by atoms with Crippen molar-refractivity contribution in [1.29, 1.82) is 0 Å². The lowest BCUT2D eigenvalue weighted by atomic mass is 9.83. The molecule has 7 rings (SSSR count). The Kier molecular flexibility index (Phi) is 15.7. The highest BCUT2D eigenvalue weighted by atomic mass is 16.5. The molecule has 4 aromatic rings. The first-order chi connectivity index (χ1) is 32.8. The van der Waals surface area contributed by atoms with Gasteiger partial charge in [-0.25, -0.2) is 5.43 Å². The number of hydrogen-bond acceptors (Lipinski definition) is 10. The van der Waals surface area contributed by atoms with Crippen LogP contribution in [0.4, 0.5) is 0 Å². The number of likely N-dealkylation sites (tertiary alicyclic amines) is 1. The topological polar surface area (TPSA) is 166 Å². The third-order valence-corrected chi connectivity index (χ3v) is 13.8. The first-order valence-corrected chi connectivity index (χ1v) is 24.3. The number of phenolic OH excluding ortho intramolecular Hbond substituents is 1. The van der Waals surface area contributed by atoms with E-state index >= 15 is 0 Å². The van der Waals surface area contributed by atoms with E-state index in [4.69, 9.17) is 9.47 Å². The Hall–Kier alpha value is -6.03. The zero-order chi connectivity index (χ0) is 49.9. The van der Waals surface area contributed by atoms with Gasteiger partial charge in [0.1, 0.15) is 23.9 Å². The molecule has 1 aromatic heterocycles. The summed E-state index contributed by atoms with van der Waals surface area (Å²) in [6.07, 6.45) is 3.21. The Labute approximate surface area is 406 Å². The second kappa shape index (κ2) is 21.3. The van der Waals surface area contributed by atoms with Crippen LogP contribution in [-0.4, -0.2) is 132 Å². The van der Waals surface area contributed by atoms with Gasteiger partial charge in [-0.1, -0.05) is 64.6 Å². The Morgan fingerprint density at radius 1 is 1.03 bits per heavy atom. The van der Waals surface area contributed by atoms with Crippen LogP contribution < -0.4 is 10.7 Å². The lowest BCUT2D eigenvalue weighted by Gasteiger charge is -2.37. The number of hydrazine groups is 1. The number of aromatic nitrogens is 1. The number of likely N-dealkylation sites (N-methyl/N-ethyl adjacent to an activating group) is 1. The minimum atomic E-state index is -1.16. The third-order valence-electron chi connectivity index (χ3n) is 13.8. The Morgan fingerprint density at radius 2 is 1.80 bits per heavy atom. The van der Waals surface area contributed by atoms with E-state index in [2.05, 4.69) is 92.0 Å². The molecule has 370 valence electrons. The van der Waals surface area contributed by atoms with Gasteiger partial charge in [0.25, 0.3) is 5.91 Å². The molecule has 15 nitrogen and oxygen atoms in total. The van der Waals surface area contributed by atoms with Gasteiger partial charge in [-0.3, -0.25) is 29.0 Å². The standard InChI is InChI=1S/C54H71N7O8/c1-11-47(63)59-21-19-37(30-59)51(65)58(9)48(33(3)4)50(64)55-45-25-35-23-38(26-40(62)24-35)36-16-18-46-42(27-36)43(28-54(5,6)32-69-53(67)44-14-13-20-61(56-44)52(45)66)49(60(46)12-2)41-17-15-34(31-68-10)22-39(41)29-57(7)8/h11,15-18,22-24,26-27,33,37,44-45,48,56,62H,1,12-14,19-21,25,28-32H2,2-10H3,(H,55,64)/t37-,44-,45-,48?/m0/s1. The SMILES string of the molecule is C=CC(=O)N1CC[C@H](C(=O)N(C)C(C(=O)N[C@H]2Cc3cc(O)cc(c3)-c3ccc4c(c3)c(c(-c3ccc(COC)cc3CN(C)C)n4CC)CC(C)(C)COC(=O)[C@@H]3CCCN(N3)C2=O)C(C)C)C1. The van der Waals surface area contributed by atoms with Crippen molar-refractivity contribution in [3.8, 4) is 28.1 Å². The van der Waals surface area contributed by atoms with Crippen LogP contribution in [-0.2, 0) is 66.0 Å². The Balaban J connectivity index is 1.32. The van der Waals surface area contributed by atoms with Crippen LogP contribution in [0, 0.1) is 17.3 Å². The summed E-state index contributed by atoms with van der Waals surface area (Å²) in [4.78, 5) is 74.8. The molecule has 0 saturated carbocycles. The number of nitrogens with zero attached hydrogens (tertiary/aromatic N) is 5. The molecule has 0 radical (unpaired) electrons. The van der Waals surface area contributed by atoms with Crippen molar-refractivity contribution in [3.05, 3.63) is 89.5 Å². The third kappa shape index (κ3) is 11.2. The van der Waals surface area contributed by atoms with E-state index < -0.39 is 47.2 Å². The lowest BCUT2D eigenvalue weighted by Crippen LogP contribution is -2.62. The highest BCUT2D eigenvalue weighted by Gasteiger charge is 2.40. The number of phenols is 1. The van der Waals surface area contributed by atoms with E-state index in [0.29, 0.717) is 57.5 Å². The van der Waals surface area contributed by atoms with E-state index in [-0.39, 0.29) is 49.6 Å². The maximum absolute atomic E-state index is 14.8. The van der Waals surface area contributed by atoms with Gasteiger partial charge in [0.15, 0.2) is 0 Å². The van der Waals surface area contributed by atoms with Crippen LogP contribution in [0.1, 0.15) is 76.1 Å². The Morgan fingerprint density at radius 3 is 2.49 bits per heavy atom. The fraction of sp³-hybridized carbons (Fsp3) is 0.500. The van der Waals surface area contributed by atoms with Crippen LogP contribution in [0.3, 0.4) is 0 Å². The largest absolute Gasteiger partial charge is 0.508 e. The number of ether oxygens (including phenoxy) is 2. The van der Waals surface area contributed by atoms with Gasteiger partial charge in [-0.05, 0) is 116 Å². The summed E-state index contributed by atoms with van der Waals surface area (Å²) in [5.41, 5.74) is 11.4. The van der Waals surface area contributed by atoms with Gasteiger partial charge in [-0.15, -0.1) is 0 Å². The zero-order valence-electron chi connectivity index (χ0n) is 41.9. The number of fused-ring (bicyclic) bond motifs is 6. The molecule has 4 heterocycles. The van der Waals surface area contributed by atoms with E-state index in [9.17, 15) is 29.1 Å². The summed E-state index contributed by atoms with van der Waals surface area (Å²) in [7, 11) is 7.41. The van der Waals surface area contributed by atoms with Crippen molar-refractivity contribution >= 4 is 40.5 Å². The van der Waals surface area contributed by atoms with Gasteiger partial charge in [0, 0.05) is 75.2 Å². The molecule has 3 aliphatic rings. The number of cyclic esters (lactones) is 1. The molecule has 1 unspecified atom stereocenters. The van der Waals surface area contributed by atoms with Gasteiger partial charge >= 0.3 is 5.97 Å². The molecule has 6 bridgehead atoms. The number of carbonyl (C=O) groups excluding carboxylic acids is 5. The molecule has 2 saturated heterocycles. The van der Waals surface area contributed by atoms with E-state index in [1.807, 2.05) is 26.0 Å². The van der Waals surface area contributed by atoms with E-state index in [1.165, 1.54) is 16.0 Å². The quantitative estimate of drug-likeness (QED) is 0.112. The molecule has 0 aliphatic carbocycles. The summed E-state index contributed by atoms with van der Waals surface area (Å²) >= 11 is 0. The smallest absolute Gasteiger partial charge is 0.324 e. The highest BCUT2D eigenvalue weighted by Crippen LogP contribution is 2.42. The number of nitrogens with one attached hydrogen (secondary N) is 2. The minimum absolute atomic E-state index is 0.00277. The number of amides is 4. The van der Waals surface area contributed by atoms with Crippen LogP contribution in [0.25, 0.3) is 33.3 Å². The lowest BCUT2D eigenvalue weighted by molar-refractivity contribution is -0.155. The molecule has 4 atom stereocenters. The number of hydrogen-bond donors (Lipinski definition) is 3. The molecular weight excluding hydrogens is 875 g/mol. The zero-order valence-corrected chi connectivity index (χ0v) is 41.9. The van der Waals surface area contributed by atoms with Crippen LogP contribution in [0.15, 0.2) is 67.3 Å². The molecule has 3 N–H and O–H groups in total. The second-order valence-corrected chi connectivity index (χ2v) is 20.5. The summed E-state index contributed by atoms with van der Waals surface area (Å²) in [6.45, 7) is 16.5. The van der Waals surface area contributed by atoms with Crippen LogP contribution in [0.2, 0.25) is 0 Å². The monoisotopic (exact) mass is 946 g/mol. The van der Waals surface area contributed by atoms with Gasteiger partial charge in [0.05, 0.1) is 24.8 Å². The fourth-order valence-electron chi connectivity index (χ4n) is 10.5. The molecule has 4 amide bonds. The molecule has 15 heteroatoms. The molecule has 69 heavy (non-hydrogen) atoms. The number of aromatic hydroxyl groups is 1. The number of methoxy groups -OCH3 is 1.